The van der Waals surface area contributed by atoms with E-state index in [9.17, 15) is 24.5 Å². The molecule has 0 aliphatic carbocycles. The lowest BCUT2D eigenvalue weighted by atomic mass is 10.1. The highest BCUT2D eigenvalue weighted by Gasteiger charge is 2.17. The van der Waals surface area contributed by atoms with Gasteiger partial charge in [-0.05, 0) is 35.7 Å². The number of non-ortho nitro benzene ring substituents is 1. The van der Waals surface area contributed by atoms with Crippen LogP contribution in [0.3, 0.4) is 0 Å². The molecule has 1 heterocycles. The second-order valence-corrected chi connectivity index (χ2v) is 6.72. The van der Waals surface area contributed by atoms with Crippen molar-refractivity contribution in [3.63, 3.8) is 0 Å². The van der Waals surface area contributed by atoms with Gasteiger partial charge in [0, 0.05) is 23.2 Å². The van der Waals surface area contributed by atoms with Gasteiger partial charge < -0.3 is 15.4 Å². The number of amides is 2. The number of nitro groups is 1. The normalized spacial score (nSPS) is 10.1. The van der Waals surface area contributed by atoms with Crippen molar-refractivity contribution in [3.8, 4) is 0 Å². The Bertz CT molecular complexity index is 1080. The van der Waals surface area contributed by atoms with Crippen molar-refractivity contribution in [2.24, 2.45) is 0 Å². The smallest absolute Gasteiger partial charge is 0.340 e. The first kappa shape index (κ1) is 20.7. The minimum Gasteiger partial charge on any atom is -0.452 e. The summed E-state index contributed by atoms with van der Waals surface area (Å²) >= 11 is 1.37. The molecule has 0 fully saturated rings. The molecule has 0 unspecified atom stereocenters. The van der Waals surface area contributed by atoms with Gasteiger partial charge in [-0.3, -0.25) is 19.7 Å². The maximum atomic E-state index is 12.4. The van der Waals surface area contributed by atoms with Crippen molar-refractivity contribution in [2.75, 3.05) is 17.2 Å². The predicted molar refractivity (Wildman–Crippen MR) is 111 cm³/mol. The van der Waals surface area contributed by atoms with Crippen LogP contribution in [0.5, 0.6) is 0 Å². The zero-order chi connectivity index (χ0) is 21.5. The molecule has 3 aromatic rings. The van der Waals surface area contributed by atoms with Crippen LogP contribution in [0.25, 0.3) is 0 Å². The van der Waals surface area contributed by atoms with E-state index in [1.54, 1.807) is 35.0 Å². The Morgan fingerprint density at radius 2 is 1.73 bits per heavy atom. The number of ether oxygens (including phenoxy) is 1. The first-order chi connectivity index (χ1) is 14.4. The molecule has 0 radical (unpaired) electrons. The molecule has 1 aromatic heterocycles. The van der Waals surface area contributed by atoms with Crippen molar-refractivity contribution in [2.45, 2.75) is 0 Å². The minimum absolute atomic E-state index is 0.101. The van der Waals surface area contributed by atoms with Gasteiger partial charge in [0.05, 0.1) is 21.7 Å². The zero-order valence-corrected chi connectivity index (χ0v) is 16.2. The third kappa shape index (κ3) is 5.26. The summed E-state index contributed by atoms with van der Waals surface area (Å²) in [5, 5.41) is 19.2. The summed E-state index contributed by atoms with van der Waals surface area (Å²) in [4.78, 5) is 46.7. The zero-order valence-electron chi connectivity index (χ0n) is 15.4. The molecule has 0 atom stereocenters. The second-order valence-electron chi connectivity index (χ2n) is 5.94. The number of nitrogens with one attached hydrogen (secondary N) is 2. The Morgan fingerprint density at radius 3 is 2.40 bits per heavy atom. The van der Waals surface area contributed by atoms with Crippen molar-refractivity contribution in [1.82, 2.24) is 0 Å². The van der Waals surface area contributed by atoms with Crippen LogP contribution >= 0.6 is 11.3 Å². The molecule has 0 aliphatic rings. The van der Waals surface area contributed by atoms with Gasteiger partial charge in [-0.25, -0.2) is 4.79 Å². The average Bonchev–Trinajstić information content (AvgIpc) is 3.28. The lowest BCUT2D eigenvalue weighted by Gasteiger charge is -2.11. The van der Waals surface area contributed by atoms with E-state index < -0.39 is 23.4 Å². The number of anilines is 2. The van der Waals surface area contributed by atoms with Gasteiger partial charge in [0.1, 0.15) is 0 Å². The number of hydrogen-bond acceptors (Lipinski definition) is 7. The topological polar surface area (TPSA) is 128 Å². The molecule has 0 saturated heterocycles. The number of esters is 1. The second kappa shape index (κ2) is 9.43. The highest BCUT2D eigenvalue weighted by Crippen LogP contribution is 2.19. The quantitative estimate of drug-likeness (QED) is 0.337. The van der Waals surface area contributed by atoms with Crippen molar-refractivity contribution in [3.05, 3.63) is 86.6 Å². The number of thiophene rings is 1. The molecule has 3 rings (SSSR count). The number of nitro benzene ring substituents is 1. The van der Waals surface area contributed by atoms with Crippen LogP contribution in [0.1, 0.15) is 20.7 Å². The standard InChI is InChI=1S/C20H15N3O6S/c24-18(21-14-5-7-15(8-6-14)23(27)28)11-29-20(26)16-3-1-2-4-17(16)22-19(25)13-9-10-30-12-13/h1-10,12H,11H2,(H,21,24)(H,22,25). The van der Waals surface area contributed by atoms with E-state index in [1.165, 1.54) is 41.7 Å². The highest BCUT2D eigenvalue weighted by molar-refractivity contribution is 7.08. The molecular formula is C20H15N3O6S. The number of rotatable bonds is 7. The lowest BCUT2D eigenvalue weighted by molar-refractivity contribution is -0.384. The van der Waals surface area contributed by atoms with Gasteiger partial charge in [-0.1, -0.05) is 12.1 Å². The molecule has 0 bridgehead atoms. The van der Waals surface area contributed by atoms with Crippen LogP contribution in [0, 0.1) is 10.1 Å². The van der Waals surface area contributed by atoms with Gasteiger partial charge in [-0.2, -0.15) is 11.3 Å². The third-order valence-corrected chi connectivity index (χ3v) is 4.56. The van der Waals surface area contributed by atoms with Gasteiger partial charge in [0.15, 0.2) is 6.61 Å². The SMILES string of the molecule is O=C(COC(=O)c1ccccc1NC(=O)c1ccsc1)Nc1ccc([N+](=O)[O-])cc1. The van der Waals surface area contributed by atoms with E-state index in [0.29, 0.717) is 11.3 Å². The number of hydrogen-bond donors (Lipinski definition) is 2. The molecule has 2 aromatic carbocycles. The fraction of sp³-hybridized carbons (Fsp3) is 0.0500. The molecule has 9 nitrogen and oxygen atoms in total. The Balaban J connectivity index is 1.58. The molecule has 10 heteroatoms. The third-order valence-electron chi connectivity index (χ3n) is 3.87. The fourth-order valence-corrected chi connectivity index (χ4v) is 3.07. The lowest BCUT2D eigenvalue weighted by Crippen LogP contribution is -2.22. The van der Waals surface area contributed by atoms with Crippen LogP contribution in [0.15, 0.2) is 65.4 Å². The van der Waals surface area contributed by atoms with Crippen molar-refractivity contribution in [1.29, 1.82) is 0 Å². The summed E-state index contributed by atoms with van der Waals surface area (Å²) in [5.74, 6) is -1.76. The molecule has 0 spiro atoms. The van der Waals surface area contributed by atoms with E-state index in [0.717, 1.165) is 0 Å². The molecule has 2 amide bonds. The molecule has 30 heavy (non-hydrogen) atoms. The van der Waals surface area contributed by atoms with E-state index in [1.807, 2.05) is 0 Å². The number of carbonyl (C=O) groups excluding carboxylic acids is 3. The molecule has 0 aliphatic heterocycles. The van der Waals surface area contributed by atoms with Crippen molar-refractivity contribution >= 4 is 46.2 Å². The summed E-state index contributed by atoms with van der Waals surface area (Å²) in [6.07, 6.45) is 0. The maximum Gasteiger partial charge on any atom is 0.340 e. The first-order valence-corrected chi connectivity index (χ1v) is 9.52. The van der Waals surface area contributed by atoms with Crippen LogP contribution in [-0.4, -0.2) is 29.3 Å². The number of nitrogens with zero attached hydrogens (tertiary/aromatic N) is 1. The number of para-hydroxylation sites is 1. The summed E-state index contributed by atoms with van der Waals surface area (Å²) in [6.45, 7) is -0.567. The summed E-state index contributed by atoms with van der Waals surface area (Å²) in [5.41, 5.74) is 1.04. The summed E-state index contributed by atoms with van der Waals surface area (Å²) in [6, 6.07) is 13.2. The fourth-order valence-electron chi connectivity index (χ4n) is 2.43. The van der Waals surface area contributed by atoms with Crippen molar-refractivity contribution < 1.29 is 24.0 Å². The number of benzene rings is 2. The summed E-state index contributed by atoms with van der Waals surface area (Å²) < 4.78 is 5.03. The van der Waals surface area contributed by atoms with Crippen LogP contribution < -0.4 is 10.6 Å². The van der Waals surface area contributed by atoms with E-state index in [2.05, 4.69) is 10.6 Å². The van der Waals surface area contributed by atoms with Crippen LogP contribution in [0.4, 0.5) is 17.1 Å². The average molecular weight is 425 g/mol. The minimum atomic E-state index is -0.782. The maximum absolute atomic E-state index is 12.4. The Hall–Kier alpha value is -4.05. The van der Waals surface area contributed by atoms with Gasteiger partial charge in [-0.15, -0.1) is 0 Å². The van der Waals surface area contributed by atoms with Crippen LogP contribution in [-0.2, 0) is 9.53 Å². The largest absolute Gasteiger partial charge is 0.452 e. The Labute approximate surface area is 174 Å². The molecule has 152 valence electrons. The summed E-state index contributed by atoms with van der Waals surface area (Å²) in [7, 11) is 0. The highest BCUT2D eigenvalue weighted by atomic mass is 32.1. The molecule has 2 N–H and O–H groups in total. The van der Waals surface area contributed by atoms with E-state index >= 15 is 0 Å². The molecule has 0 saturated carbocycles. The monoisotopic (exact) mass is 425 g/mol. The van der Waals surface area contributed by atoms with Gasteiger partial charge in [0.25, 0.3) is 17.5 Å². The predicted octanol–water partition coefficient (Wildman–Crippen LogP) is 3.70. The van der Waals surface area contributed by atoms with E-state index in [-0.39, 0.29) is 22.8 Å². The van der Waals surface area contributed by atoms with Crippen LogP contribution in [0.2, 0.25) is 0 Å². The number of carbonyl (C=O) groups is 3. The first-order valence-electron chi connectivity index (χ1n) is 8.58. The van der Waals surface area contributed by atoms with Gasteiger partial charge in [0.2, 0.25) is 0 Å². The Kier molecular flexibility index (Phi) is 6.50. The van der Waals surface area contributed by atoms with E-state index in [4.69, 9.17) is 4.74 Å². The Morgan fingerprint density at radius 1 is 1.00 bits per heavy atom. The van der Waals surface area contributed by atoms with Gasteiger partial charge >= 0.3 is 5.97 Å². The molecular weight excluding hydrogens is 410 g/mol.